The molecule has 46 heavy (non-hydrogen) atoms. The number of carbonyl (C=O) groups excluding carboxylic acids is 1. The van der Waals surface area contributed by atoms with Gasteiger partial charge in [0.2, 0.25) is 0 Å². The van der Waals surface area contributed by atoms with E-state index in [4.69, 9.17) is 16.3 Å². The molecule has 0 radical (unpaired) electrons. The molecule has 2 saturated heterocycles. The van der Waals surface area contributed by atoms with Crippen molar-refractivity contribution in [3.8, 4) is 35.2 Å². The molecular weight excluding hydrogens is 621 g/mol. The summed E-state index contributed by atoms with van der Waals surface area (Å²) < 4.78 is 49.2. The number of pyridine rings is 2. The van der Waals surface area contributed by atoms with Gasteiger partial charge in [-0.2, -0.15) is 15.2 Å². The smallest absolute Gasteiger partial charge is 0.319 e. The van der Waals surface area contributed by atoms with E-state index in [1.165, 1.54) is 17.3 Å². The number of hydrogen-bond donors (Lipinski definition) is 0. The second-order valence-corrected chi connectivity index (χ2v) is 11.6. The summed E-state index contributed by atoms with van der Waals surface area (Å²) in [5.41, 5.74) is 0.290. The number of hydrogen-bond acceptors (Lipinski definition) is 9. The van der Waals surface area contributed by atoms with Crippen LogP contribution in [0.3, 0.4) is 0 Å². The average molecular weight is 649 g/mol. The summed E-state index contributed by atoms with van der Waals surface area (Å²) >= 11 is 6.52. The minimum Gasteiger partial charge on any atom is -0.462 e. The van der Waals surface area contributed by atoms with Crippen LogP contribution >= 0.6 is 11.6 Å². The first-order valence-electron chi connectivity index (χ1n) is 14.6. The standard InChI is InChI=1S/C32H28ClF3N8O2/c1-42-16-20(35)12-22(42)18-46-32-40-30-24(15-39-29(28(30)36)23-14-38-13-19-4-2-5-25(33)27(19)23)31(41-32)43-10-11-44(21(17-43)7-9-37)26(45)6-3-8-34/h2,4-5,13-15,20-22H,7-8,10-12,16-18H2,1H3/t20-,21+,22+/m1/s1. The Labute approximate surface area is 267 Å². The van der Waals surface area contributed by atoms with Crippen molar-refractivity contribution in [1.82, 2.24) is 29.7 Å². The van der Waals surface area contributed by atoms with E-state index in [0.717, 1.165) is 0 Å². The number of likely N-dealkylation sites (N-methyl/N-ethyl adjacent to an activating group) is 1. The van der Waals surface area contributed by atoms with Crippen LogP contribution in [0.25, 0.3) is 32.9 Å². The Hall–Kier alpha value is -4.72. The number of likely N-dealkylation sites (tertiary alicyclic amines) is 1. The summed E-state index contributed by atoms with van der Waals surface area (Å²) in [6.45, 7) is -0.0405. The van der Waals surface area contributed by atoms with Crippen LogP contribution in [0.1, 0.15) is 12.8 Å². The number of nitrogens with zero attached hydrogens (tertiary/aromatic N) is 8. The third kappa shape index (κ3) is 6.08. The zero-order valence-electron chi connectivity index (χ0n) is 24.8. The second-order valence-electron chi connectivity index (χ2n) is 11.2. The van der Waals surface area contributed by atoms with Gasteiger partial charge in [-0.3, -0.25) is 19.7 Å². The molecule has 2 aliphatic heterocycles. The maximum absolute atomic E-state index is 16.6. The highest BCUT2D eigenvalue weighted by Crippen LogP contribution is 2.37. The molecule has 0 N–H and O–H groups in total. The highest BCUT2D eigenvalue weighted by molar-refractivity contribution is 6.36. The van der Waals surface area contributed by atoms with E-state index in [2.05, 4.69) is 37.8 Å². The third-order valence-corrected chi connectivity index (χ3v) is 8.62. The Morgan fingerprint density at radius 3 is 2.78 bits per heavy atom. The maximum Gasteiger partial charge on any atom is 0.319 e. The lowest BCUT2D eigenvalue weighted by Crippen LogP contribution is -2.55. The molecule has 3 aromatic heterocycles. The second kappa shape index (κ2) is 13.3. The van der Waals surface area contributed by atoms with E-state index >= 15 is 4.39 Å². The molecule has 1 amide bonds. The number of carbonyl (C=O) groups is 1. The minimum absolute atomic E-state index is 0.0179. The molecule has 5 heterocycles. The van der Waals surface area contributed by atoms with Crippen LogP contribution in [0.15, 0.2) is 36.8 Å². The summed E-state index contributed by atoms with van der Waals surface area (Å²) in [5, 5.41) is 11.5. The Bertz CT molecular complexity index is 1910. The molecule has 0 spiro atoms. The van der Waals surface area contributed by atoms with Gasteiger partial charge in [-0.1, -0.05) is 29.7 Å². The highest BCUT2D eigenvalue weighted by atomic mass is 35.5. The molecule has 2 aliphatic rings. The first-order chi connectivity index (χ1) is 22.3. The third-order valence-electron chi connectivity index (χ3n) is 8.31. The van der Waals surface area contributed by atoms with Crippen LogP contribution < -0.4 is 9.64 Å². The van der Waals surface area contributed by atoms with Crippen molar-refractivity contribution >= 4 is 45.0 Å². The Balaban J connectivity index is 1.43. The van der Waals surface area contributed by atoms with Crippen LogP contribution in [0, 0.1) is 29.0 Å². The van der Waals surface area contributed by atoms with Gasteiger partial charge < -0.3 is 14.5 Å². The van der Waals surface area contributed by atoms with Gasteiger partial charge in [-0.05, 0) is 25.5 Å². The van der Waals surface area contributed by atoms with E-state index < -0.39 is 30.6 Å². The summed E-state index contributed by atoms with van der Waals surface area (Å²) in [6, 6.07) is 6.44. The van der Waals surface area contributed by atoms with Gasteiger partial charge in [0.05, 0.1) is 23.9 Å². The number of amides is 1. The van der Waals surface area contributed by atoms with Crippen molar-refractivity contribution in [3.63, 3.8) is 0 Å². The fourth-order valence-corrected chi connectivity index (χ4v) is 6.32. The topological polar surface area (TPSA) is 111 Å². The molecule has 6 rings (SSSR count). The predicted molar refractivity (Wildman–Crippen MR) is 166 cm³/mol. The lowest BCUT2D eigenvalue weighted by atomic mass is 10.0. The molecule has 2 fully saturated rings. The van der Waals surface area contributed by atoms with E-state index in [-0.39, 0.29) is 74.3 Å². The molecule has 0 saturated carbocycles. The molecule has 0 unspecified atom stereocenters. The maximum atomic E-state index is 16.6. The number of rotatable bonds is 6. The van der Waals surface area contributed by atoms with Gasteiger partial charge in [-0.25, -0.2) is 13.2 Å². The fourth-order valence-electron chi connectivity index (χ4n) is 6.04. The number of fused-ring (bicyclic) bond motifs is 2. The number of aromatic nitrogens is 4. The fraction of sp³-hybridized carbons (Fsp3) is 0.375. The monoisotopic (exact) mass is 648 g/mol. The van der Waals surface area contributed by atoms with Gasteiger partial charge >= 0.3 is 6.01 Å². The summed E-state index contributed by atoms with van der Waals surface area (Å²) in [4.78, 5) is 35.5. The predicted octanol–water partition coefficient (Wildman–Crippen LogP) is 4.36. The Kier molecular flexibility index (Phi) is 9.06. The van der Waals surface area contributed by atoms with Crippen molar-refractivity contribution in [2.45, 2.75) is 31.1 Å². The Morgan fingerprint density at radius 1 is 1.17 bits per heavy atom. The summed E-state index contributed by atoms with van der Waals surface area (Å²) in [5.74, 6) is 3.36. The van der Waals surface area contributed by atoms with Crippen LogP contribution in [0.5, 0.6) is 6.01 Å². The molecule has 0 bridgehead atoms. The molecule has 4 aromatic rings. The van der Waals surface area contributed by atoms with Gasteiger partial charge in [-0.15, -0.1) is 0 Å². The number of nitriles is 1. The van der Waals surface area contributed by atoms with Crippen LogP contribution in [0.4, 0.5) is 19.0 Å². The molecular formula is C32H28ClF3N8O2. The van der Waals surface area contributed by atoms with Crippen LogP contribution in [0.2, 0.25) is 5.02 Å². The van der Waals surface area contributed by atoms with Gasteiger partial charge in [0.25, 0.3) is 5.91 Å². The minimum atomic E-state index is -0.982. The number of piperazine rings is 1. The SMILES string of the molecule is CN1C[C@H](F)C[C@H]1COc1nc(N2CCN(C(=O)C#CCF)[C@@H](CC#N)C2)c2cnc(-c3cncc4cccc(Cl)c34)c(F)c2n1. The zero-order valence-corrected chi connectivity index (χ0v) is 25.5. The van der Waals surface area contributed by atoms with Crippen molar-refractivity contribution in [2.24, 2.45) is 0 Å². The van der Waals surface area contributed by atoms with Gasteiger partial charge in [0, 0.05) is 72.2 Å². The van der Waals surface area contributed by atoms with Crippen molar-refractivity contribution in [3.05, 3.63) is 47.6 Å². The number of benzene rings is 1. The first-order valence-corrected chi connectivity index (χ1v) is 15.0. The molecule has 14 heteroatoms. The largest absolute Gasteiger partial charge is 0.462 e. The van der Waals surface area contributed by atoms with Gasteiger partial charge in [0.15, 0.2) is 12.5 Å². The zero-order chi connectivity index (χ0) is 32.4. The average Bonchev–Trinajstić information content (AvgIpc) is 3.38. The highest BCUT2D eigenvalue weighted by Gasteiger charge is 2.33. The summed E-state index contributed by atoms with van der Waals surface area (Å²) in [6.07, 6.45) is 3.86. The lowest BCUT2D eigenvalue weighted by Gasteiger charge is -2.40. The quantitative estimate of drug-likeness (QED) is 0.282. The van der Waals surface area contributed by atoms with E-state index in [1.807, 2.05) is 15.9 Å². The Morgan fingerprint density at radius 2 is 2.02 bits per heavy atom. The number of alkyl halides is 2. The molecule has 10 nitrogen and oxygen atoms in total. The number of halogens is 4. The number of ether oxygens (including phenoxy) is 1. The van der Waals surface area contributed by atoms with Crippen LogP contribution in [-0.4, -0.2) is 100 Å². The van der Waals surface area contributed by atoms with Crippen LogP contribution in [-0.2, 0) is 4.79 Å². The van der Waals surface area contributed by atoms with Gasteiger partial charge in [0.1, 0.15) is 29.8 Å². The normalized spacial score (nSPS) is 20.0. The molecule has 236 valence electrons. The van der Waals surface area contributed by atoms with E-state index in [0.29, 0.717) is 27.2 Å². The van der Waals surface area contributed by atoms with Crippen molar-refractivity contribution < 1.29 is 22.7 Å². The molecule has 3 atom stereocenters. The number of anilines is 1. The first kappa shape index (κ1) is 31.3. The van der Waals surface area contributed by atoms with E-state index in [9.17, 15) is 18.8 Å². The molecule has 1 aromatic carbocycles. The lowest BCUT2D eigenvalue weighted by molar-refractivity contribution is -0.127. The van der Waals surface area contributed by atoms with Crippen molar-refractivity contribution in [2.75, 3.05) is 51.4 Å². The summed E-state index contributed by atoms with van der Waals surface area (Å²) in [7, 11) is 1.80. The van der Waals surface area contributed by atoms with E-state index in [1.54, 1.807) is 25.4 Å². The van der Waals surface area contributed by atoms with Crippen molar-refractivity contribution in [1.29, 1.82) is 5.26 Å². The molecule has 0 aliphatic carbocycles.